The van der Waals surface area contributed by atoms with Gasteiger partial charge in [0.15, 0.2) is 5.82 Å². The summed E-state index contributed by atoms with van der Waals surface area (Å²) in [6.45, 7) is 8.79. The van der Waals surface area contributed by atoms with E-state index < -0.39 is 0 Å². The summed E-state index contributed by atoms with van der Waals surface area (Å²) < 4.78 is 0. The standard InChI is InChI=1S/C22H29N7O/c1-15(30)13-28-8-4-22(14-28)5-9-29(10-6-22)21-17-3-7-23-12-19(17)25-20(26-21)18-11-24-27-16(18)2/h3,7,11-12,15,30H,4-6,8-10,13-14H2,1-2H3,(H,24,27). The minimum atomic E-state index is -0.258. The smallest absolute Gasteiger partial charge is 0.165 e. The van der Waals surface area contributed by atoms with Crippen molar-refractivity contribution < 1.29 is 5.11 Å². The zero-order chi connectivity index (χ0) is 20.7. The molecule has 8 nitrogen and oxygen atoms in total. The van der Waals surface area contributed by atoms with Gasteiger partial charge in [-0.3, -0.25) is 10.1 Å². The van der Waals surface area contributed by atoms with Crippen LogP contribution in [0.5, 0.6) is 0 Å². The van der Waals surface area contributed by atoms with Crippen LogP contribution in [-0.2, 0) is 0 Å². The number of aliphatic hydroxyl groups is 1. The van der Waals surface area contributed by atoms with Crippen molar-refractivity contribution >= 4 is 16.7 Å². The van der Waals surface area contributed by atoms with Crippen molar-refractivity contribution in [3.63, 3.8) is 0 Å². The van der Waals surface area contributed by atoms with Crippen molar-refractivity contribution in [1.29, 1.82) is 0 Å². The van der Waals surface area contributed by atoms with E-state index in [-0.39, 0.29) is 6.10 Å². The third-order valence-corrected chi connectivity index (χ3v) is 6.71. The molecule has 0 radical (unpaired) electrons. The van der Waals surface area contributed by atoms with Gasteiger partial charge in [-0.25, -0.2) is 9.97 Å². The normalized spacial score (nSPS) is 20.3. The van der Waals surface area contributed by atoms with Gasteiger partial charge in [0.1, 0.15) is 5.82 Å². The molecule has 2 N–H and O–H groups in total. The van der Waals surface area contributed by atoms with Crippen LogP contribution in [0.4, 0.5) is 5.82 Å². The number of anilines is 1. The van der Waals surface area contributed by atoms with Crippen LogP contribution in [0.25, 0.3) is 22.3 Å². The predicted octanol–water partition coefficient (Wildman–Crippen LogP) is 2.40. The van der Waals surface area contributed by atoms with Crippen LogP contribution in [0.2, 0.25) is 0 Å². The van der Waals surface area contributed by atoms with Crippen LogP contribution in [0.3, 0.4) is 0 Å². The lowest BCUT2D eigenvalue weighted by molar-refractivity contribution is 0.127. The Kier molecular flexibility index (Phi) is 4.91. The van der Waals surface area contributed by atoms with Gasteiger partial charge in [0.05, 0.1) is 29.1 Å². The van der Waals surface area contributed by atoms with Crippen molar-refractivity contribution in [1.82, 2.24) is 30.0 Å². The molecule has 1 atom stereocenters. The number of aryl methyl sites for hydroxylation is 1. The highest BCUT2D eigenvalue weighted by Gasteiger charge is 2.41. The largest absolute Gasteiger partial charge is 0.392 e. The van der Waals surface area contributed by atoms with Gasteiger partial charge in [-0.05, 0) is 51.1 Å². The summed E-state index contributed by atoms with van der Waals surface area (Å²) in [5, 5.41) is 17.9. The van der Waals surface area contributed by atoms with Gasteiger partial charge in [0, 0.05) is 44.0 Å². The second-order valence-corrected chi connectivity index (χ2v) is 8.97. The lowest BCUT2D eigenvalue weighted by Crippen LogP contribution is -2.42. The van der Waals surface area contributed by atoms with E-state index in [4.69, 9.17) is 9.97 Å². The van der Waals surface area contributed by atoms with Gasteiger partial charge in [0.2, 0.25) is 0 Å². The van der Waals surface area contributed by atoms with Crippen LogP contribution >= 0.6 is 0 Å². The Labute approximate surface area is 176 Å². The molecular formula is C22H29N7O. The van der Waals surface area contributed by atoms with Crippen LogP contribution in [0, 0.1) is 12.3 Å². The van der Waals surface area contributed by atoms with Gasteiger partial charge < -0.3 is 14.9 Å². The molecule has 158 valence electrons. The van der Waals surface area contributed by atoms with E-state index in [2.05, 4.69) is 25.0 Å². The van der Waals surface area contributed by atoms with E-state index in [0.29, 0.717) is 11.2 Å². The number of aliphatic hydroxyl groups excluding tert-OH is 1. The molecule has 3 aromatic rings. The van der Waals surface area contributed by atoms with E-state index in [1.807, 2.05) is 38.5 Å². The van der Waals surface area contributed by atoms with Crippen LogP contribution in [0.1, 0.15) is 31.9 Å². The van der Waals surface area contributed by atoms with Crippen molar-refractivity contribution in [2.75, 3.05) is 37.6 Å². The number of hydrogen-bond acceptors (Lipinski definition) is 7. The minimum absolute atomic E-state index is 0.258. The van der Waals surface area contributed by atoms with E-state index in [1.54, 1.807) is 0 Å². The highest BCUT2D eigenvalue weighted by Crippen LogP contribution is 2.42. The summed E-state index contributed by atoms with van der Waals surface area (Å²) in [5.41, 5.74) is 3.06. The zero-order valence-electron chi connectivity index (χ0n) is 17.7. The quantitative estimate of drug-likeness (QED) is 0.686. The first-order valence-corrected chi connectivity index (χ1v) is 10.8. The van der Waals surface area contributed by atoms with Gasteiger partial charge in [-0.1, -0.05) is 0 Å². The van der Waals surface area contributed by atoms with Gasteiger partial charge >= 0.3 is 0 Å². The molecule has 2 saturated heterocycles. The molecule has 0 bridgehead atoms. The van der Waals surface area contributed by atoms with Crippen LogP contribution < -0.4 is 4.90 Å². The third-order valence-electron chi connectivity index (χ3n) is 6.71. The molecule has 0 aromatic carbocycles. The number of pyridine rings is 1. The Balaban J connectivity index is 1.41. The van der Waals surface area contributed by atoms with Crippen molar-refractivity contribution in [2.45, 2.75) is 39.2 Å². The summed E-state index contributed by atoms with van der Waals surface area (Å²) in [6.07, 6.45) is 8.76. The first-order chi connectivity index (χ1) is 14.5. The molecule has 5 heterocycles. The Hall–Kier alpha value is -2.58. The van der Waals surface area contributed by atoms with Crippen molar-refractivity contribution in [3.8, 4) is 11.4 Å². The van der Waals surface area contributed by atoms with Gasteiger partial charge in [-0.2, -0.15) is 5.10 Å². The molecular weight excluding hydrogens is 378 g/mol. The molecule has 30 heavy (non-hydrogen) atoms. The fraction of sp³-hybridized carbons (Fsp3) is 0.545. The summed E-state index contributed by atoms with van der Waals surface area (Å²) in [6, 6.07) is 2.01. The number of aromatic amines is 1. The fourth-order valence-corrected chi connectivity index (χ4v) is 5.07. The molecule has 0 amide bonds. The Morgan fingerprint density at radius 1 is 1.20 bits per heavy atom. The number of likely N-dealkylation sites (tertiary alicyclic amines) is 1. The van der Waals surface area contributed by atoms with Crippen molar-refractivity contribution in [2.24, 2.45) is 5.41 Å². The highest BCUT2D eigenvalue weighted by molar-refractivity contribution is 5.90. The molecule has 8 heteroatoms. The number of β-amino-alcohol motifs (C(OH)–C–C–N with tert-alkyl or cyclic N) is 1. The first-order valence-electron chi connectivity index (χ1n) is 10.8. The Bertz CT molecular complexity index is 1040. The third kappa shape index (κ3) is 3.54. The molecule has 3 aromatic heterocycles. The molecule has 1 spiro atoms. The molecule has 0 aliphatic carbocycles. The number of hydrogen-bond donors (Lipinski definition) is 2. The number of fused-ring (bicyclic) bond motifs is 1. The minimum Gasteiger partial charge on any atom is -0.392 e. The maximum absolute atomic E-state index is 9.74. The monoisotopic (exact) mass is 407 g/mol. The molecule has 2 aliphatic heterocycles. The van der Waals surface area contributed by atoms with Crippen LogP contribution in [-0.4, -0.2) is 74.0 Å². The predicted molar refractivity (Wildman–Crippen MR) is 116 cm³/mol. The maximum atomic E-state index is 9.74. The number of rotatable bonds is 4. The highest BCUT2D eigenvalue weighted by atomic mass is 16.3. The average Bonchev–Trinajstić information content (AvgIpc) is 3.34. The van der Waals surface area contributed by atoms with Gasteiger partial charge in [-0.15, -0.1) is 0 Å². The lowest BCUT2D eigenvalue weighted by atomic mass is 9.77. The zero-order valence-corrected chi connectivity index (χ0v) is 17.7. The molecule has 2 aliphatic rings. The van der Waals surface area contributed by atoms with E-state index in [1.165, 1.54) is 6.42 Å². The lowest BCUT2D eigenvalue weighted by Gasteiger charge is -2.40. The summed E-state index contributed by atoms with van der Waals surface area (Å²) >= 11 is 0. The SMILES string of the molecule is Cc1n[nH]cc1-c1nc(N2CCC3(CCN(CC(C)O)C3)CC2)c2ccncc2n1. The van der Waals surface area contributed by atoms with Crippen LogP contribution in [0.15, 0.2) is 24.7 Å². The Morgan fingerprint density at radius 3 is 2.73 bits per heavy atom. The van der Waals surface area contributed by atoms with E-state index >= 15 is 0 Å². The molecule has 2 fully saturated rings. The number of nitrogens with zero attached hydrogens (tertiary/aromatic N) is 6. The Morgan fingerprint density at radius 2 is 2.00 bits per heavy atom. The number of nitrogens with one attached hydrogen (secondary N) is 1. The first kappa shape index (κ1) is 19.4. The summed E-state index contributed by atoms with van der Waals surface area (Å²) in [7, 11) is 0. The molecule has 0 saturated carbocycles. The maximum Gasteiger partial charge on any atom is 0.165 e. The summed E-state index contributed by atoms with van der Waals surface area (Å²) in [4.78, 5) is 18.8. The average molecular weight is 408 g/mol. The molecule has 1 unspecified atom stereocenters. The van der Waals surface area contributed by atoms with E-state index in [9.17, 15) is 5.11 Å². The number of H-pyrrole nitrogens is 1. The molecule has 5 rings (SSSR count). The second kappa shape index (κ2) is 7.59. The second-order valence-electron chi connectivity index (χ2n) is 8.97. The van der Waals surface area contributed by atoms with Crippen molar-refractivity contribution in [3.05, 3.63) is 30.4 Å². The topological polar surface area (TPSA) is 94.1 Å². The van der Waals surface area contributed by atoms with E-state index in [0.717, 1.165) is 73.5 Å². The summed E-state index contributed by atoms with van der Waals surface area (Å²) in [5.74, 6) is 1.69. The van der Waals surface area contributed by atoms with Gasteiger partial charge in [0.25, 0.3) is 0 Å². The number of piperidine rings is 1. The number of aromatic nitrogens is 5. The fourth-order valence-electron chi connectivity index (χ4n) is 5.07.